The highest BCUT2D eigenvalue weighted by Crippen LogP contribution is 2.30. The van der Waals surface area contributed by atoms with E-state index in [4.69, 9.17) is 5.26 Å². The van der Waals surface area contributed by atoms with Crippen molar-refractivity contribution in [3.63, 3.8) is 0 Å². The number of carbonyl (C=O) groups is 1. The van der Waals surface area contributed by atoms with Crippen molar-refractivity contribution in [2.45, 2.75) is 17.6 Å². The number of para-hydroxylation sites is 1. The maximum atomic E-state index is 13.4. The summed E-state index contributed by atoms with van der Waals surface area (Å²) in [4.78, 5) is 14.0. The zero-order valence-corrected chi connectivity index (χ0v) is 21.1. The first kappa shape index (κ1) is 28.4. The second kappa shape index (κ2) is 11.9. The number of likely N-dealkylation sites (N-methyl/N-ethyl adjacent to an activating group) is 1. The van der Waals surface area contributed by atoms with E-state index in [1.165, 1.54) is 60.5 Å². The molecule has 0 aliphatic heterocycles. The summed E-state index contributed by atoms with van der Waals surface area (Å²) in [6, 6.07) is 18.2. The van der Waals surface area contributed by atoms with Crippen molar-refractivity contribution in [1.82, 2.24) is 4.90 Å². The van der Waals surface area contributed by atoms with Crippen LogP contribution >= 0.6 is 0 Å². The molecule has 11 heteroatoms. The molecule has 3 rings (SSSR count). The molecule has 7 nitrogen and oxygen atoms in total. The number of nitriles is 1. The predicted molar refractivity (Wildman–Crippen MR) is 136 cm³/mol. The fourth-order valence-corrected chi connectivity index (χ4v) is 5.08. The molecule has 0 atom stereocenters. The summed E-state index contributed by atoms with van der Waals surface area (Å²) in [5.41, 5.74) is 0.651. The van der Waals surface area contributed by atoms with Gasteiger partial charge in [-0.25, -0.2) is 8.42 Å². The van der Waals surface area contributed by atoms with E-state index in [1.807, 2.05) is 6.07 Å². The lowest BCUT2D eigenvalue weighted by Gasteiger charge is -2.27. The molecule has 0 heterocycles. The molecule has 3 aromatic rings. The Bertz CT molecular complexity index is 1450. The number of hydrogen-bond acceptors (Lipinski definition) is 5. The highest BCUT2D eigenvalue weighted by Gasteiger charge is 2.30. The van der Waals surface area contributed by atoms with Crippen molar-refractivity contribution in [1.29, 1.82) is 5.26 Å². The Balaban J connectivity index is 1.83. The molecule has 0 aliphatic rings. The third-order valence-corrected chi connectivity index (χ3v) is 7.40. The second-order valence-corrected chi connectivity index (χ2v) is 10.1. The molecule has 0 unspecified atom stereocenters. The Hall–Kier alpha value is -4.14. The van der Waals surface area contributed by atoms with Crippen molar-refractivity contribution in [2.75, 3.05) is 24.5 Å². The monoisotopic (exact) mass is 543 g/mol. The van der Waals surface area contributed by atoms with Gasteiger partial charge in [-0.15, -0.1) is 0 Å². The van der Waals surface area contributed by atoms with Gasteiger partial charge in [0.05, 0.1) is 40.9 Å². The summed E-state index contributed by atoms with van der Waals surface area (Å²) < 4.78 is 66.1. The SMILES string of the molecule is CN(Cc1ccccc1N(CCO)S(=O)(=O)c1ccc(C#N)cc1)C(=O)/C=C/c1ccc(C(F)(F)F)cc1. The van der Waals surface area contributed by atoms with E-state index in [0.29, 0.717) is 16.7 Å². The molecule has 0 saturated heterocycles. The molecule has 1 N–H and O–H groups in total. The third-order valence-electron chi connectivity index (χ3n) is 5.57. The van der Waals surface area contributed by atoms with Gasteiger partial charge in [0, 0.05) is 19.7 Å². The molecule has 1 amide bonds. The fraction of sp³-hybridized carbons (Fsp3) is 0.185. The predicted octanol–water partition coefficient (Wildman–Crippen LogP) is 4.44. The third kappa shape index (κ3) is 6.79. The van der Waals surface area contributed by atoms with Crippen LogP contribution in [0, 0.1) is 11.3 Å². The van der Waals surface area contributed by atoms with E-state index in [1.54, 1.807) is 24.3 Å². The molecular formula is C27H24F3N3O4S. The number of benzene rings is 3. The maximum Gasteiger partial charge on any atom is 0.416 e. The standard InChI is InChI=1S/C27H24F3N3O4S/c1-32(26(35)15-10-20-6-11-23(12-7-20)27(28,29)30)19-22-4-2-3-5-25(22)33(16-17-34)38(36,37)24-13-8-21(18-31)9-14-24/h2-15,34H,16-17,19H2,1H3/b15-10+. The van der Waals surface area contributed by atoms with Crippen molar-refractivity contribution in [3.8, 4) is 6.07 Å². The Morgan fingerprint density at radius 3 is 2.24 bits per heavy atom. The molecule has 0 aliphatic carbocycles. The first-order chi connectivity index (χ1) is 18.0. The number of amides is 1. The number of nitrogens with zero attached hydrogens (tertiary/aromatic N) is 3. The summed E-state index contributed by atoms with van der Waals surface area (Å²) >= 11 is 0. The Morgan fingerprint density at radius 1 is 1.03 bits per heavy atom. The Labute approximate surface area is 218 Å². The van der Waals surface area contributed by atoms with Gasteiger partial charge in [0.15, 0.2) is 0 Å². The molecule has 38 heavy (non-hydrogen) atoms. The molecule has 0 bridgehead atoms. The van der Waals surface area contributed by atoms with E-state index < -0.39 is 34.3 Å². The quantitative estimate of drug-likeness (QED) is 0.402. The van der Waals surface area contributed by atoms with E-state index in [0.717, 1.165) is 16.4 Å². The number of anilines is 1. The van der Waals surface area contributed by atoms with Crippen LogP contribution in [0.2, 0.25) is 0 Å². The molecule has 0 saturated carbocycles. The average molecular weight is 544 g/mol. The van der Waals surface area contributed by atoms with E-state index in [9.17, 15) is 31.5 Å². The minimum absolute atomic E-state index is 0.0111. The zero-order chi connectivity index (χ0) is 27.9. The van der Waals surface area contributed by atoms with Crippen LogP contribution in [0.3, 0.4) is 0 Å². The fourth-order valence-electron chi connectivity index (χ4n) is 3.59. The first-order valence-corrected chi connectivity index (χ1v) is 12.7. The van der Waals surface area contributed by atoms with E-state index >= 15 is 0 Å². The van der Waals surface area contributed by atoms with Crippen molar-refractivity contribution in [3.05, 3.63) is 101 Å². The zero-order valence-electron chi connectivity index (χ0n) is 20.3. The van der Waals surface area contributed by atoms with Gasteiger partial charge in [-0.3, -0.25) is 9.10 Å². The highest BCUT2D eigenvalue weighted by atomic mass is 32.2. The highest BCUT2D eigenvalue weighted by molar-refractivity contribution is 7.92. The molecule has 3 aromatic carbocycles. The van der Waals surface area contributed by atoms with Gasteiger partial charge in [-0.1, -0.05) is 30.3 Å². The van der Waals surface area contributed by atoms with Gasteiger partial charge in [-0.2, -0.15) is 18.4 Å². The maximum absolute atomic E-state index is 13.4. The lowest BCUT2D eigenvalue weighted by atomic mass is 10.1. The molecular weight excluding hydrogens is 519 g/mol. The topological polar surface area (TPSA) is 102 Å². The number of hydrogen-bond donors (Lipinski definition) is 1. The van der Waals surface area contributed by atoms with Crippen LogP contribution in [0.4, 0.5) is 18.9 Å². The number of alkyl halides is 3. The average Bonchev–Trinajstić information content (AvgIpc) is 2.90. The largest absolute Gasteiger partial charge is 0.416 e. The van der Waals surface area contributed by atoms with Gasteiger partial charge < -0.3 is 10.0 Å². The van der Waals surface area contributed by atoms with Crippen molar-refractivity contribution < 1.29 is 31.5 Å². The molecule has 198 valence electrons. The lowest BCUT2D eigenvalue weighted by molar-refractivity contribution is -0.137. The smallest absolute Gasteiger partial charge is 0.394 e. The van der Waals surface area contributed by atoms with Crippen LogP contribution in [0.5, 0.6) is 0 Å². The molecule has 0 radical (unpaired) electrons. The van der Waals surface area contributed by atoms with Crippen LogP contribution in [-0.4, -0.2) is 44.5 Å². The number of sulfonamides is 1. The molecule has 0 spiro atoms. The van der Waals surface area contributed by atoms with Crippen LogP contribution in [-0.2, 0) is 27.5 Å². The Kier molecular flexibility index (Phi) is 8.93. The minimum atomic E-state index is -4.46. The first-order valence-electron chi connectivity index (χ1n) is 11.3. The van der Waals surface area contributed by atoms with Gasteiger partial charge in [0.25, 0.3) is 10.0 Å². The summed E-state index contributed by atoms with van der Waals surface area (Å²) in [5, 5.41) is 18.6. The second-order valence-electron chi connectivity index (χ2n) is 8.21. The minimum Gasteiger partial charge on any atom is -0.394 e. The molecule has 0 fully saturated rings. The normalized spacial score (nSPS) is 11.8. The summed E-state index contributed by atoms with van der Waals surface area (Å²) in [5.74, 6) is -0.455. The lowest BCUT2D eigenvalue weighted by Crippen LogP contribution is -2.35. The van der Waals surface area contributed by atoms with Crippen molar-refractivity contribution >= 4 is 27.7 Å². The number of carbonyl (C=O) groups excluding carboxylic acids is 1. The number of aliphatic hydroxyl groups is 1. The van der Waals surface area contributed by atoms with E-state index in [2.05, 4.69) is 0 Å². The number of aliphatic hydroxyl groups excluding tert-OH is 1. The van der Waals surface area contributed by atoms with Gasteiger partial charge in [0.1, 0.15) is 0 Å². The summed E-state index contributed by atoms with van der Waals surface area (Å²) in [6.45, 7) is -0.698. The van der Waals surface area contributed by atoms with Gasteiger partial charge >= 0.3 is 6.18 Å². The van der Waals surface area contributed by atoms with E-state index in [-0.39, 0.29) is 23.7 Å². The number of halogens is 3. The van der Waals surface area contributed by atoms with Gasteiger partial charge in [0.2, 0.25) is 5.91 Å². The van der Waals surface area contributed by atoms with Crippen LogP contribution in [0.25, 0.3) is 6.08 Å². The molecule has 0 aromatic heterocycles. The van der Waals surface area contributed by atoms with Crippen molar-refractivity contribution in [2.24, 2.45) is 0 Å². The Morgan fingerprint density at radius 2 is 1.66 bits per heavy atom. The van der Waals surface area contributed by atoms with Crippen LogP contribution < -0.4 is 4.31 Å². The van der Waals surface area contributed by atoms with Gasteiger partial charge in [-0.05, 0) is 59.7 Å². The van der Waals surface area contributed by atoms with Crippen LogP contribution in [0.1, 0.15) is 22.3 Å². The number of rotatable bonds is 9. The summed E-state index contributed by atoms with van der Waals surface area (Å²) in [6.07, 6.45) is -1.86. The summed E-state index contributed by atoms with van der Waals surface area (Å²) in [7, 11) is -2.61. The van der Waals surface area contributed by atoms with Crippen LogP contribution in [0.15, 0.2) is 83.8 Å².